The number of hydrogen-bond donors (Lipinski definition) is 2. The number of nitrogens with one attached hydrogen (secondary N) is 1. The summed E-state index contributed by atoms with van der Waals surface area (Å²) in [7, 11) is 3.39. The molecule has 9 nitrogen and oxygen atoms in total. The number of H-pyrrole nitrogens is 1. The zero-order chi connectivity index (χ0) is 24.5. The Hall–Kier alpha value is -3.14. The highest BCUT2D eigenvalue weighted by atomic mass is 19.1. The molecule has 0 unspecified atom stereocenters. The van der Waals surface area contributed by atoms with E-state index >= 15 is 4.39 Å². The van der Waals surface area contributed by atoms with E-state index in [1.807, 2.05) is 23.8 Å². The highest BCUT2D eigenvalue weighted by Crippen LogP contribution is 2.43. The van der Waals surface area contributed by atoms with Crippen LogP contribution in [0, 0.1) is 5.82 Å². The van der Waals surface area contributed by atoms with Crippen molar-refractivity contribution >= 4 is 23.9 Å². The highest BCUT2D eigenvalue weighted by molar-refractivity contribution is 5.79. The van der Waals surface area contributed by atoms with Gasteiger partial charge in [0, 0.05) is 56.3 Å². The molecule has 1 fully saturated rings. The quantitative estimate of drug-likeness (QED) is 0.592. The molecule has 4 rings (SSSR count). The number of carbonyl (C=O) groups excluding carboxylic acids is 1. The van der Waals surface area contributed by atoms with Crippen LogP contribution in [0.5, 0.6) is 5.75 Å². The Morgan fingerprint density at radius 2 is 2.06 bits per heavy atom. The Kier molecular flexibility index (Phi) is 6.79. The molecule has 1 aromatic heterocycles. The standard InChI is InChI=1S/C24H32FN5O4/c1-24(20-18(25)13-16(34-3)14-19(20)30(15-32)11-12-31)6-9-29(10-7-24)23-26-21-17(22(33)27-23)5-4-8-28(21)2/h13-15,31H,4-12H2,1-3H3,(H,26,27,33). The van der Waals surface area contributed by atoms with Crippen LogP contribution in [0.25, 0.3) is 0 Å². The largest absolute Gasteiger partial charge is 0.497 e. The molecule has 1 aromatic carbocycles. The summed E-state index contributed by atoms with van der Waals surface area (Å²) in [5, 5.41) is 9.40. The molecule has 0 saturated carbocycles. The number of ether oxygens (including phenoxy) is 1. The number of piperidine rings is 1. The van der Waals surface area contributed by atoms with Gasteiger partial charge in [0.25, 0.3) is 5.56 Å². The number of nitrogens with zero attached hydrogens (tertiary/aromatic N) is 4. The molecule has 0 atom stereocenters. The molecule has 184 valence electrons. The van der Waals surface area contributed by atoms with E-state index in [1.165, 1.54) is 18.1 Å². The molecule has 10 heteroatoms. The lowest BCUT2D eigenvalue weighted by Gasteiger charge is -2.42. The summed E-state index contributed by atoms with van der Waals surface area (Å²) in [5.41, 5.74) is 0.888. The Morgan fingerprint density at radius 1 is 1.32 bits per heavy atom. The Labute approximate surface area is 198 Å². The number of fused-ring (bicyclic) bond motifs is 1. The number of amides is 1. The molecule has 2 N–H and O–H groups in total. The number of aromatic nitrogens is 2. The Morgan fingerprint density at radius 3 is 2.71 bits per heavy atom. The molecule has 34 heavy (non-hydrogen) atoms. The van der Waals surface area contributed by atoms with Crippen molar-refractivity contribution < 1.29 is 19.0 Å². The number of hydrogen-bond acceptors (Lipinski definition) is 7. The summed E-state index contributed by atoms with van der Waals surface area (Å²) >= 11 is 0. The van der Waals surface area contributed by atoms with Gasteiger partial charge in [-0.15, -0.1) is 0 Å². The number of rotatable bonds is 7. The molecule has 1 amide bonds. The van der Waals surface area contributed by atoms with Crippen LogP contribution in [-0.2, 0) is 16.6 Å². The molecular formula is C24H32FN5O4. The van der Waals surface area contributed by atoms with E-state index in [0.29, 0.717) is 55.3 Å². The molecule has 0 spiro atoms. The summed E-state index contributed by atoms with van der Waals surface area (Å²) in [6.45, 7) is 3.79. The van der Waals surface area contributed by atoms with Crippen LogP contribution in [0.15, 0.2) is 16.9 Å². The second kappa shape index (κ2) is 9.61. The van der Waals surface area contributed by atoms with E-state index in [4.69, 9.17) is 9.72 Å². The van der Waals surface area contributed by atoms with E-state index < -0.39 is 11.2 Å². The third-order valence-corrected chi connectivity index (χ3v) is 7.09. The molecule has 2 aromatic rings. The maximum Gasteiger partial charge on any atom is 0.257 e. The van der Waals surface area contributed by atoms with E-state index in [9.17, 15) is 14.7 Å². The Balaban J connectivity index is 1.64. The van der Waals surface area contributed by atoms with Crippen LogP contribution in [0.3, 0.4) is 0 Å². The third kappa shape index (κ3) is 4.34. The van der Waals surface area contributed by atoms with Gasteiger partial charge in [-0.2, -0.15) is 4.98 Å². The van der Waals surface area contributed by atoms with Gasteiger partial charge in [-0.1, -0.05) is 6.92 Å². The van der Waals surface area contributed by atoms with Gasteiger partial charge < -0.3 is 24.5 Å². The lowest BCUT2D eigenvalue weighted by Crippen LogP contribution is -2.44. The van der Waals surface area contributed by atoms with Gasteiger partial charge in [0.05, 0.1) is 25.0 Å². The fraction of sp³-hybridized carbons (Fsp3) is 0.542. The van der Waals surface area contributed by atoms with E-state index in [-0.39, 0.29) is 18.7 Å². The van der Waals surface area contributed by atoms with Crippen molar-refractivity contribution in [3.05, 3.63) is 39.4 Å². The molecule has 0 radical (unpaired) electrons. The lowest BCUT2D eigenvalue weighted by atomic mass is 9.73. The lowest BCUT2D eigenvalue weighted by molar-refractivity contribution is -0.107. The highest BCUT2D eigenvalue weighted by Gasteiger charge is 2.38. The van der Waals surface area contributed by atoms with E-state index in [2.05, 4.69) is 4.98 Å². The van der Waals surface area contributed by atoms with Gasteiger partial charge in [0.1, 0.15) is 17.4 Å². The number of halogens is 1. The van der Waals surface area contributed by atoms with Crippen LogP contribution in [0.4, 0.5) is 21.8 Å². The van der Waals surface area contributed by atoms with Gasteiger partial charge in [0.2, 0.25) is 12.4 Å². The summed E-state index contributed by atoms with van der Waals surface area (Å²) in [5.74, 6) is 1.12. The molecule has 0 aliphatic carbocycles. The minimum Gasteiger partial charge on any atom is -0.497 e. The van der Waals surface area contributed by atoms with Crippen LogP contribution >= 0.6 is 0 Å². The number of methoxy groups -OCH3 is 1. The summed E-state index contributed by atoms with van der Waals surface area (Å²) in [4.78, 5) is 37.5. The summed E-state index contributed by atoms with van der Waals surface area (Å²) in [6, 6.07) is 2.97. The first-order chi connectivity index (χ1) is 16.3. The van der Waals surface area contributed by atoms with Crippen molar-refractivity contribution in [2.24, 2.45) is 0 Å². The topological polar surface area (TPSA) is 102 Å². The zero-order valence-electron chi connectivity index (χ0n) is 19.9. The van der Waals surface area contributed by atoms with Crippen molar-refractivity contribution in [1.29, 1.82) is 0 Å². The minimum atomic E-state index is -0.565. The van der Waals surface area contributed by atoms with Crippen molar-refractivity contribution in [3.63, 3.8) is 0 Å². The van der Waals surface area contributed by atoms with Gasteiger partial charge in [-0.25, -0.2) is 4.39 Å². The fourth-order valence-corrected chi connectivity index (χ4v) is 5.07. The van der Waals surface area contributed by atoms with Crippen molar-refractivity contribution in [3.8, 4) is 5.75 Å². The van der Waals surface area contributed by atoms with Crippen LogP contribution in [0.1, 0.15) is 37.3 Å². The first kappa shape index (κ1) is 24.0. The number of carbonyl (C=O) groups is 1. The molecule has 1 saturated heterocycles. The van der Waals surface area contributed by atoms with E-state index in [1.54, 1.807) is 6.07 Å². The number of anilines is 3. The molecular weight excluding hydrogens is 441 g/mol. The Bertz CT molecular complexity index is 1110. The van der Waals surface area contributed by atoms with Gasteiger partial charge >= 0.3 is 0 Å². The molecule has 2 aliphatic rings. The molecule has 3 heterocycles. The van der Waals surface area contributed by atoms with Gasteiger partial charge in [-0.3, -0.25) is 14.6 Å². The number of aromatic amines is 1. The summed E-state index contributed by atoms with van der Waals surface area (Å²) in [6.07, 6.45) is 3.43. The second-order valence-corrected chi connectivity index (χ2v) is 9.29. The van der Waals surface area contributed by atoms with Gasteiger partial charge in [-0.05, 0) is 25.7 Å². The van der Waals surface area contributed by atoms with Crippen LogP contribution in [-0.4, -0.2) is 68.4 Å². The van der Waals surface area contributed by atoms with Crippen molar-refractivity contribution in [1.82, 2.24) is 9.97 Å². The van der Waals surface area contributed by atoms with Crippen LogP contribution in [0.2, 0.25) is 0 Å². The first-order valence-electron chi connectivity index (χ1n) is 11.6. The third-order valence-electron chi connectivity index (χ3n) is 7.09. The number of aliphatic hydroxyl groups excluding tert-OH is 1. The van der Waals surface area contributed by atoms with Crippen LogP contribution < -0.4 is 25.0 Å². The fourth-order valence-electron chi connectivity index (χ4n) is 5.07. The van der Waals surface area contributed by atoms with Gasteiger partial charge in [0.15, 0.2) is 0 Å². The minimum absolute atomic E-state index is 0.0547. The predicted molar refractivity (Wildman–Crippen MR) is 129 cm³/mol. The first-order valence-corrected chi connectivity index (χ1v) is 11.6. The maximum atomic E-state index is 15.4. The molecule has 0 bridgehead atoms. The molecule has 2 aliphatic heterocycles. The average Bonchev–Trinajstić information content (AvgIpc) is 2.83. The number of aliphatic hydroxyl groups is 1. The predicted octanol–water partition coefficient (Wildman–Crippen LogP) is 1.81. The normalized spacial score (nSPS) is 17.3. The number of benzene rings is 1. The van der Waals surface area contributed by atoms with E-state index in [0.717, 1.165) is 30.8 Å². The smallest absolute Gasteiger partial charge is 0.257 e. The zero-order valence-corrected chi connectivity index (χ0v) is 19.9. The van der Waals surface area contributed by atoms with Crippen molar-refractivity contribution in [2.75, 3.05) is 61.6 Å². The average molecular weight is 474 g/mol. The second-order valence-electron chi connectivity index (χ2n) is 9.29. The monoisotopic (exact) mass is 473 g/mol. The maximum absolute atomic E-state index is 15.4. The summed E-state index contributed by atoms with van der Waals surface area (Å²) < 4.78 is 20.6. The van der Waals surface area contributed by atoms with Crippen molar-refractivity contribution in [2.45, 2.75) is 38.0 Å². The SMILES string of the molecule is COc1cc(F)c(C2(C)CCN(c3nc4c(c(=O)[nH]3)CCCN4C)CC2)c(N(C=O)CCO)c1.